The Bertz CT molecular complexity index is 975. The summed E-state index contributed by atoms with van der Waals surface area (Å²) >= 11 is 0. The monoisotopic (exact) mass is 670 g/mol. The van der Waals surface area contributed by atoms with E-state index in [-0.39, 0.29) is 101 Å². The Morgan fingerprint density at radius 1 is 0.933 bits per heavy atom. The minimum atomic E-state index is -0.909. The number of amides is 2. The molecule has 0 spiro atoms. The van der Waals surface area contributed by atoms with E-state index < -0.39 is 52.9 Å². The molecule has 0 aromatic heterocycles. The van der Waals surface area contributed by atoms with Crippen molar-refractivity contribution in [2.45, 2.75) is 131 Å². The maximum absolute atomic E-state index is 12.1. The van der Waals surface area contributed by atoms with E-state index in [0.717, 1.165) is 0 Å². The van der Waals surface area contributed by atoms with E-state index in [1.54, 1.807) is 76.2 Å². The second-order valence-electron chi connectivity index (χ2n) is 13.6. The normalized spacial score (nSPS) is 17.0. The summed E-state index contributed by atoms with van der Waals surface area (Å²) in [5.74, 6) is -2.14. The molecule has 1 unspecified atom stereocenters. The van der Waals surface area contributed by atoms with Gasteiger partial charge in [-0.15, -0.1) is 5.60 Å². The van der Waals surface area contributed by atoms with Crippen molar-refractivity contribution in [3.8, 4) is 0 Å². The van der Waals surface area contributed by atoms with E-state index in [0.29, 0.717) is 0 Å². The molecular weight excluding hydrogens is 615 g/mol. The number of hydrogen-bond acceptors (Lipinski definition) is 11. The van der Waals surface area contributed by atoms with Crippen LogP contribution in [0.5, 0.6) is 0 Å². The molecule has 1 aliphatic heterocycles. The number of rotatable bonds is 7. The third-order valence-electron chi connectivity index (χ3n) is 5.46. The summed E-state index contributed by atoms with van der Waals surface area (Å²) in [6, 6.07) is -0.667. The molecule has 2 amide bonds. The minimum Gasteiger partial charge on any atom is -0.850 e. The zero-order valence-corrected chi connectivity index (χ0v) is 33.3. The second-order valence-corrected chi connectivity index (χ2v) is 13.6. The number of carbonyl (C=O) groups excluding carboxylic acids is 6. The molecule has 13 nitrogen and oxygen atoms in total. The van der Waals surface area contributed by atoms with E-state index in [1.165, 1.54) is 30.9 Å². The van der Waals surface area contributed by atoms with E-state index >= 15 is 0 Å². The van der Waals surface area contributed by atoms with E-state index in [1.807, 2.05) is 0 Å². The fraction of sp³-hybridized carbons (Fsp3) is 0.806. The van der Waals surface area contributed by atoms with Crippen molar-refractivity contribution in [3.05, 3.63) is 0 Å². The summed E-state index contributed by atoms with van der Waals surface area (Å²) in [4.78, 5) is 72.6. The molecule has 256 valence electrons. The molecular formula is C31H55KN2O11. The number of ether oxygens (including phenoxy) is 4. The zero-order valence-electron chi connectivity index (χ0n) is 30.2. The van der Waals surface area contributed by atoms with Crippen molar-refractivity contribution in [2.75, 3.05) is 27.3 Å². The summed E-state index contributed by atoms with van der Waals surface area (Å²) < 4.78 is 19.7. The summed E-state index contributed by atoms with van der Waals surface area (Å²) in [6.07, 6.45) is -0.617. The largest absolute Gasteiger partial charge is 1.00 e. The second kappa shape index (κ2) is 21.3. The Labute approximate surface area is 311 Å². The first kappa shape index (κ1) is 47.8. The minimum absolute atomic E-state index is 0. The van der Waals surface area contributed by atoms with Gasteiger partial charge in [0.25, 0.3) is 0 Å². The summed E-state index contributed by atoms with van der Waals surface area (Å²) in [5.41, 5.74) is -1.99. The topological polar surface area (TPSA) is 169 Å². The number of carbonyl (C=O) groups is 6. The SMILES string of the molecule is CC(C)(C)[O-].COC(=O)C1CN(C(=O)OC(C)(C)C)[C@H](C)CC1=O.COC(=O)C[C@@H](C)N(CCC(C)=O)C(=O)OC(C)(C)C.[K+]. The van der Waals surface area contributed by atoms with Crippen LogP contribution in [0.25, 0.3) is 0 Å². The Kier molecular flexibility index (Phi) is 22.7. The van der Waals surface area contributed by atoms with Crippen molar-refractivity contribution in [1.82, 2.24) is 9.80 Å². The third-order valence-corrected chi connectivity index (χ3v) is 5.46. The predicted molar refractivity (Wildman–Crippen MR) is 162 cm³/mol. The van der Waals surface area contributed by atoms with E-state index in [2.05, 4.69) is 9.47 Å². The van der Waals surface area contributed by atoms with Gasteiger partial charge in [-0.1, -0.05) is 20.8 Å². The van der Waals surface area contributed by atoms with Crippen molar-refractivity contribution < 1.29 is 104 Å². The van der Waals surface area contributed by atoms with Gasteiger partial charge in [-0.25, -0.2) is 9.59 Å². The van der Waals surface area contributed by atoms with Gasteiger partial charge in [-0.3, -0.25) is 19.2 Å². The van der Waals surface area contributed by atoms with Gasteiger partial charge in [0.15, 0.2) is 5.78 Å². The van der Waals surface area contributed by atoms with Gasteiger partial charge in [0.2, 0.25) is 0 Å². The maximum atomic E-state index is 12.1. The van der Waals surface area contributed by atoms with Gasteiger partial charge < -0.3 is 33.9 Å². The fourth-order valence-electron chi connectivity index (χ4n) is 3.47. The number of piperidine rings is 1. The first-order chi connectivity index (χ1) is 19.7. The van der Waals surface area contributed by atoms with Crippen LogP contribution in [0.2, 0.25) is 0 Å². The van der Waals surface area contributed by atoms with Crippen LogP contribution in [-0.2, 0) is 38.1 Å². The number of ketones is 2. The number of nitrogens with zero attached hydrogens (tertiary/aromatic N) is 2. The number of esters is 2. The van der Waals surface area contributed by atoms with Crippen molar-refractivity contribution in [1.29, 1.82) is 0 Å². The number of likely N-dealkylation sites (tertiary alicyclic amines) is 1. The summed E-state index contributed by atoms with van der Waals surface area (Å²) in [5, 5.41) is 10.1. The standard InChI is InChI=1S/C14H25NO5.C13H21NO5.C4H9O.K/c1-10(9-12(17)19-6)15(8-7-11(2)16)13(18)20-14(3,4)5;1-8-6-10(15)9(11(16)18-5)7-14(8)12(17)19-13(2,3)4;1-4(2,3)5;/h10H,7-9H2,1-6H3;8-9H,6-7H2,1-5H3;1-3H3;/q;;-1;+1/t10-;8-,9?;;/m11../s1. The molecule has 14 heteroatoms. The van der Waals surface area contributed by atoms with Crippen molar-refractivity contribution in [2.24, 2.45) is 5.92 Å². The molecule has 1 rings (SSSR count). The van der Waals surface area contributed by atoms with Gasteiger partial charge in [0, 0.05) is 38.0 Å². The molecule has 1 aliphatic rings. The predicted octanol–water partition coefficient (Wildman–Crippen LogP) is 0.677. The maximum Gasteiger partial charge on any atom is 1.00 e. The van der Waals surface area contributed by atoms with Gasteiger partial charge in [0.1, 0.15) is 22.9 Å². The Morgan fingerprint density at radius 2 is 1.40 bits per heavy atom. The molecule has 0 aromatic carbocycles. The van der Waals surface area contributed by atoms with Crippen LogP contribution in [0.15, 0.2) is 0 Å². The quantitative estimate of drug-likeness (QED) is 0.162. The number of methoxy groups -OCH3 is 2. The van der Waals surface area contributed by atoms with Gasteiger partial charge in [-0.2, -0.15) is 0 Å². The Morgan fingerprint density at radius 3 is 1.78 bits per heavy atom. The smallest absolute Gasteiger partial charge is 0.850 e. The molecule has 0 aromatic rings. The van der Waals surface area contributed by atoms with E-state index in [9.17, 15) is 33.9 Å². The molecule has 0 N–H and O–H groups in total. The van der Waals surface area contributed by atoms with Crippen molar-refractivity contribution >= 4 is 35.7 Å². The fourth-order valence-corrected chi connectivity index (χ4v) is 3.47. The Balaban J connectivity index is -0.000000668. The van der Waals surface area contributed by atoms with Crippen LogP contribution < -0.4 is 56.5 Å². The van der Waals surface area contributed by atoms with Gasteiger partial charge in [-0.05, 0) is 62.3 Å². The molecule has 0 bridgehead atoms. The van der Waals surface area contributed by atoms with Crippen LogP contribution in [-0.4, -0.2) is 102 Å². The average Bonchev–Trinajstić information content (AvgIpc) is 2.80. The number of hydrogen-bond donors (Lipinski definition) is 0. The average molecular weight is 671 g/mol. The van der Waals surface area contributed by atoms with E-state index in [4.69, 9.17) is 9.47 Å². The molecule has 3 atom stereocenters. The molecule has 1 fully saturated rings. The van der Waals surface area contributed by atoms with Crippen LogP contribution in [0.4, 0.5) is 9.59 Å². The third kappa shape index (κ3) is 24.3. The van der Waals surface area contributed by atoms with Crippen molar-refractivity contribution in [3.63, 3.8) is 0 Å². The van der Waals surface area contributed by atoms with Gasteiger partial charge >= 0.3 is 75.5 Å². The molecule has 45 heavy (non-hydrogen) atoms. The molecule has 0 aliphatic carbocycles. The first-order valence-electron chi connectivity index (χ1n) is 14.6. The zero-order chi connectivity index (χ0) is 35.2. The van der Waals surface area contributed by atoms with Gasteiger partial charge in [0.05, 0.1) is 20.6 Å². The molecule has 0 radical (unpaired) electrons. The number of Topliss-reactive ketones (excluding diaryl/α,β-unsaturated/α-hetero) is 2. The Hall–Kier alpha value is -1.58. The summed E-state index contributed by atoms with van der Waals surface area (Å²) in [7, 11) is 2.52. The van der Waals surface area contributed by atoms with Crippen LogP contribution >= 0.6 is 0 Å². The molecule has 0 saturated carbocycles. The van der Waals surface area contributed by atoms with Crippen LogP contribution in [0.1, 0.15) is 102 Å². The summed E-state index contributed by atoms with van der Waals surface area (Å²) in [6.45, 7) is 20.7. The first-order valence-corrected chi connectivity index (χ1v) is 14.6. The molecule has 1 heterocycles. The van der Waals surface area contributed by atoms with Crippen LogP contribution in [0, 0.1) is 5.92 Å². The van der Waals surface area contributed by atoms with Crippen LogP contribution in [0.3, 0.4) is 0 Å². The molecule has 1 saturated heterocycles.